The van der Waals surface area contributed by atoms with Crippen molar-refractivity contribution < 1.29 is 14.3 Å². The van der Waals surface area contributed by atoms with Crippen molar-refractivity contribution in [2.24, 2.45) is 5.73 Å². The predicted molar refractivity (Wildman–Crippen MR) is 54.4 cm³/mol. The zero-order valence-electron chi connectivity index (χ0n) is 8.77. The first kappa shape index (κ1) is 11.5. The van der Waals surface area contributed by atoms with E-state index in [1.807, 2.05) is 0 Å². The molecule has 1 heterocycles. The van der Waals surface area contributed by atoms with E-state index >= 15 is 0 Å². The van der Waals surface area contributed by atoms with Crippen LogP contribution in [0.15, 0.2) is 18.3 Å². The first-order valence-corrected chi connectivity index (χ1v) is 4.49. The fraction of sp³-hybridized carbons (Fsp3) is 0.400. The number of ether oxygens (including phenoxy) is 2. The van der Waals surface area contributed by atoms with Gasteiger partial charge in [-0.25, -0.2) is 4.98 Å². The summed E-state index contributed by atoms with van der Waals surface area (Å²) in [5.74, 6) is 0.183. The summed E-state index contributed by atoms with van der Waals surface area (Å²) >= 11 is 0. The number of pyridine rings is 1. The molecule has 1 aromatic rings. The molecule has 15 heavy (non-hydrogen) atoms. The van der Waals surface area contributed by atoms with Crippen molar-refractivity contribution >= 4 is 5.97 Å². The molecule has 5 heteroatoms. The molecule has 0 fully saturated rings. The summed E-state index contributed by atoms with van der Waals surface area (Å²) in [6, 6.07) is 3.09. The van der Waals surface area contributed by atoms with Crippen molar-refractivity contribution in [1.29, 1.82) is 0 Å². The van der Waals surface area contributed by atoms with Gasteiger partial charge in [0.25, 0.3) is 0 Å². The van der Waals surface area contributed by atoms with Crippen LogP contribution < -0.4 is 10.5 Å². The van der Waals surface area contributed by atoms with E-state index in [4.69, 9.17) is 10.5 Å². The first-order valence-electron chi connectivity index (χ1n) is 4.49. The molecule has 1 rings (SSSR count). The smallest absolute Gasteiger partial charge is 0.307 e. The Balaban J connectivity index is 2.65. The van der Waals surface area contributed by atoms with Crippen molar-refractivity contribution in [2.75, 3.05) is 14.2 Å². The van der Waals surface area contributed by atoms with Crippen LogP contribution in [0.5, 0.6) is 5.88 Å². The standard InChI is InChI=1S/C10H14N2O3/c1-14-9-4-3-7(6-12-9)8(11)5-10(13)15-2/h3-4,6,8H,5,11H2,1-2H3. The highest BCUT2D eigenvalue weighted by molar-refractivity contribution is 5.70. The lowest BCUT2D eigenvalue weighted by molar-refractivity contribution is -0.141. The van der Waals surface area contributed by atoms with Gasteiger partial charge in [-0.3, -0.25) is 4.79 Å². The molecule has 0 bridgehead atoms. The molecule has 0 aliphatic carbocycles. The zero-order valence-corrected chi connectivity index (χ0v) is 8.77. The van der Waals surface area contributed by atoms with Gasteiger partial charge in [0.15, 0.2) is 0 Å². The number of methoxy groups -OCH3 is 2. The monoisotopic (exact) mass is 210 g/mol. The maximum Gasteiger partial charge on any atom is 0.307 e. The van der Waals surface area contributed by atoms with Crippen molar-refractivity contribution in [1.82, 2.24) is 4.98 Å². The number of aromatic nitrogens is 1. The lowest BCUT2D eigenvalue weighted by Crippen LogP contribution is -2.16. The number of nitrogens with two attached hydrogens (primary N) is 1. The van der Waals surface area contributed by atoms with E-state index in [1.165, 1.54) is 14.2 Å². The Kier molecular flexibility index (Phi) is 4.05. The molecule has 1 atom stereocenters. The van der Waals surface area contributed by atoms with Gasteiger partial charge in [-0.15, -0.1) is 0 Å². The lowest BCUT2D eigenvalue weighted by Gasteiger charge is -2.10. The molecule has 1 unspecified atom stereocenters. The van der Waals surface area contributed by atoms with Gasteiger partial charge in [0.05, 0.1) is 20.6 Å². The van der Waals surface area contributed by atoms with Crippen molar-refractivity contribution in [3.05, 3.63) is 23.9 Å². The van der Waals surface area contributed by atoms with E-state index in [9.17, 15) is 4.79 Å². The van der Waals surface area contributed by atoms with Crippen LogP contribution in [0, 0.1) is 0 Å². The normalized spacial score (nSPS) is 11.9. The summed E-state index contributed by atoms with van der Waals surface area (Å²) in [4.78, 5) is 15.0. The third kappa shape index (κ3) is 3.21. The van der Waals surface area contributed by atoms with Crippen LogP contribution >= 0.6 is 0 Å². The Morgan fingerprint density at radius 1 is 1.53 bits per heavy atom. The molecule has 0 spiro atoms. The van der Waals surface area contributed by atoms with Gasteiger partial charge in [-0.2, -0.15) is 0 Å². The van der Waals surface area contributed by atoms with Crippen LogP contribution in [0.25, 0.3) is 0 Å². The highest BCUT2D eigenvalue weighted by Crippen LogP contribution is 2.15. The average Bonchev–Trinajstić information content (AvgIpc) is 2.29. The average molecular weight is 210 g/mol. The summed E-state index contributed by atoms with van der Waals surface area (Å²) in [5, 5.41) is 0. The summed E-state index contributed by atoms with van der Waals surface area (Å²) in [5.41, 5.74) is 6.56. The van der Waals surface area contributed by atoms with E-state index in [-0.39, 0.29) is 12.4 Å². The van der Waals surface area contributed by atoms with Gasteiger partial charge in [0.1, 0.15) is 0 Å². The lowest BCUT2D eigenvalue weighted by atomic mass is 10.1. The molecular formula is C10H14N2O3. The number of hydrogen-bond acceptors (Lipinski definition) is 5. The molecule has 0 aliphatic rings. The Morgan fingerprint density at radius 3 is 2.73 bits per heavy atom. The number of carbonyl (C=O) groups is 1. The number of rotatable bonds is 4. The topological polar surface area (TPSA) is 74.4 Å². The second kappa shape index (κ2) is 5.31. The molecule has 82 valence electrons. The first-order chi connectivity index (χ1) is 7.17. The van der Waals surface area contributed by atoms with E-state index < -0.39 is 6.04 Å². The highest BCUT2D eigenvalue weighted by atomic mass is 16.5. The van der Waals surface area contributed by atoms with Crippen LogP contribution in [0.1, 0.15) is 18.0 Å². The molecule has 0 radical (unpaired) electrons. The molecule has 0 saturated carbocycles. The molecule has 5 nitrogen and oxygen atoms in total. The van der Waals surface area contributed by atoms with Crippen molar-refractivity contribution in [3.63, 3.8) is 0 Å². The fourth-order valence-corrected chi connectivity index (χ4v) is 1.11. The Hall–Kier alpha value is -1.62. The summed E-state index contributed by atoms with van der Waals surface area (Å²) in [6.07, 6.45) is 1.73. The van der Waals surface area contributed by atoms with Crippen LogP contribution in [-0.2, 0) is 9.53 Å². The highest BCUT2D eigenvalue weighted by Gasteiger charge is 2.12. The van der Waals surface area contributed by atoms with Crippen LogP contribution in [0.2, 0.25) is 0 Å². The number of carbonyl (C=O) groups excluding carboxylic acids is 1. The quantitative estimate of drug-likeness (QED) is 0.738. The maximum absolute atomic E-state index is 11.0. The Labute approximate surface area is 88.2 Å². The third-order valence-corrected chi connectivity index (χ3v) is 2.01. The summed E-state index contributed by atoms with van der Waals surface area (Å²) in [7, 11) is 2.87. The van der Waals surface area contributed by atoms with E-state index in [2.05, 4.69) is 9.72 Å². The minimum atomic E-state index is -0.393. The van der Waals surface area contributed by atoms with E-state index in [0.29, 0.717) is 5.88 Å². The molecule has 0 aliphatic heterocycles. The van der Waals surface area contributed by atoms with Crippen LogP contribution in [-0.4, -0.2) is 25.2 Å². The van der Waals surface area contributed by atoms with E-state index in [0.717, 1.165) is 5.56 Å². The molecule has 0 amide bonds. The third-order valence-electron chi connectivity index (χ3n) is 2.01. The molecule has 2 N–H and O–H groups in total. The van der Waals surface area contributed by atoms with Gasteiger partial charge in [-0.05, 0) is 5.56 Å². The second-order valence-corrected chi connectivity index (χ2v) is 3.02. The molecule has 0 saturated heterocycles. The predicted octanol–water partition coefficient (Wildman–Crippen LogP) is 0.653. The number of hydrogen-bond donors (Lipinski definition) is 1. The van der Waals surface area contributed by atoms with Gasteiger partial charge in [0.2, 0.25) is 5.88 Å². The Morgan fingerprint density at radius 2 is 2.27 bits per heavy atom. The fourth-order valence-electron chi connectivity index (χ4n) is 1.11. The van der Waals surface area contributed by atoms with Gasteiger partial charge in [0, 0.05) is 18.3 Å². The summed E-state index contributed by atoms with van der Waals surface area (Å²) < 4.78 is 9.43. The number of nitrogens with zero attached hydrogens (tertiary/aromatic N) is 1. The second-order valence-electron chi connectivity index (χ2n) is 3.02. The van der Waals surface area contributed by atoms with Crippen molar-refractivity contribution in [3.8, 4) is 5.88 Å². The number of esters is 1. The Bertz CT molecular complexity index is 324. The van der Waals surface area contributed by atoms with Crippen molar-refractivity contribution in [2.45, 2.75) is 12.5 Å². The molecular weight excluding hydrogens is 196 g/mol. The SMILES string of the molecule is COC(=O)CC(N)c1ccc(OC)nc1. The molecule has 1 aromatic heterocycles. The van der Waals surface area contributed by atoms with Gasteiger partial charge in [-0.1, -0.05) is 6.07 Å². The molecule has 0 aromatic carbocycles. The zero-order chi connectivity index (χ0) is 11.3. The van der Waals surface area contributed by atoms with Gasteiger partial charge < -0.3 is 15.2 Å². The van der Waals surface area contributed by atoms with E-state index in [1.54, 1.807) is 18.3 Å². The minimum Gasteiger partial charge on any atom is -0.481 e. The van der Waals surface area contributed by atoms with Crippen LogP contribution in [0.4, 0.5) is 0 Å². The maximum atomic E-state index is 11.0. The minimum absolute atomic E-state index is 0.143. The summed E-state index contributed by atoms with van der Waals surface area (Å²) in [6.45, 7) is 0. The van der Waals surface area contributed by atoms with Crippen LogP contribution in [0.3, 0.4) is 0 Å². The van der Waals surface area contributed by atoms with Gasteiger partial charge >= 0.3 is 5.97 Å². The largest absolute Gasteiger partial charge is 0.481 e.